The third-order valence-electron chi connectivity index (χ3n) is 4.64. The molecule has 0 atom stereocenters. The highest BCUT2D eigenvalue weighted by atomic mass is 16.2. The SMILES string of the molecule is C=C(CCO)c1cc(C(C)(C)C)cc2c1CCC2(C)C. The van der Waals surface area contributed by atoms with E-state index < -0.39 is 0 Å². The van der Waals surface area contributed by atoms with Crippen LogP contribution in [-0.4, -0.2) is 11.7 Å². The van der Waals surface area contributed by atoms with Gasteiger partial charge in [0.2, 0.25) is 0 Å². The first-order chi connectivity index (χ1) is 9.16. The van der Waals surface area contributed by atoms with E-state index in [9.17, 15) is 5.11 Å². The third kappa shape index (κ3) is 2.69. The molecule has 0 aromatic heterocycles. The predicted octanol–water partition coefficient (Wildman–Crippen LogP) is 4.60. The van der Waals surface area contributed by atoms with Crippen LogP contribution in [0.2, 0.25) is 0 Å². The fourth-order valence-electron chi connectivity index (χ4n) is 3.14. The molecule has 1 aliphatic rings. The molecule has 0 bridgehead atoms. The van der Waals surface area contributed by atoms with Gasteiger partial charge in [-0.25, -0.2) is 0 Å². The summed E-state index contributed by atoms with van der Waals surface area (Å²) in [6, 6.07) is 4.70. The highest BCUT2D eigenvalue weighted by Gasteiger charge is 2.33. The second kappa shape index (κ2) is 5.04. The number of aliphatic hydroxyl groups is 1. The predicted molar refractivity (Wildman–Crippen MR) is 87.2 cm³/mol. The van der Waals surface area contributed by atoms with Crippen LogP contribution in [0, 0.1) is 0 Å². The fraction of sp³-hybridized carbons (Fsp3) is 0.579. The summed E-state index contributed by atoms with van der Waals surface area (Å²) in [6.45, 7) is 15.8. The topological polar surface area (TPSA) is 20.2 Å². The van der Waals surface area contributed by atoms with E-state index in [1.165, 1.54) is 28.7 Å². The van der Waals surface area contributed by atoms with Crippen molar-refractivity contribution in [1.29, 1.82) is 0 Å². The zero-order valence-corrected chi connectivity index (χ0v) is 13.6. The van der Waals surface area contributed by atoms with E-state index in [4.69, 9.17) is 0 Å². The maximum atomic E-state index is 9.22. The van der Waals surface area contributed by atoms with Gasteiger partial charge in [-0.2, -0.15) is 0 Å². The van der Waals surface area contributed by atoms with Crippen LogP contribution in [0.15, 0.2) is 18.7 Å². The molecule has 1 aromatic rings. The van der Waals surface area contributed by atoms with Gasteiger partial charge in [-0.15, -0.1) is 0 Å². The van der Waals surface area contributed by atoms with Crippen LogP contribution in [-0.2, 0) is 17.3 Å². The smallest absolute Gasteiger partial charge is 0.0471 e. The van der Waals surface area contributed by atoms with E-state index in [2.05, 4.69) is 53.3 Å². The van der Waals surface area contributed by atoms with E-state index in [0.717, 1.165) is 12.0 Å². The van der Waals surface area contributed by atoms with Crippen LogP contribution in [0.3, 0.4) is 0 Å². The van der Waals surface area contributed by atoms with E-state index in [1.807, 2.05) is 0 Å². The molecule has 1 N–H and O–H groups in total. The van der Waals surface area contributed by atoms with E-state index in [-0.39, 0.29) is 17.4 Å². The molecule has 110 valence electrons. The number of aliphatic hydroxyl groups excluding tert-OH is 1. The Kier molecular flexibility index (Phi) is 3.85. The molecule has 1 aliphatic carbocycles. The monoisotopic (exact) mass is 272 g/mol. The molecule has 1 nitrogen and oxygen atoms in total. The molecule has 0 saturated heterocycles. The summed E-state index contributed by atoms with van der Waals surface area (Å²) in [5, 5.41) is 9.22. The Morgan fingerprint density at radius 1 is 1.30 bits per heavy atom. The van der Waals surface area contributed by atoms with Gasteiger partial charge in [-0.3, -0.25) is 0 Å². The van der Waals surface area contributed by atoms with E-state index >= 15 is 0 Å². The molecule has 0 spiro atoms. The van der Waals surface area contributed by atoms with Crippen molar-refractivity contribution in [1.82, 2.24) is 0 Å². The van der Waals surface area contributed by atoms with Crippen LogP contribution in [0.1, 0.15) is 69.7 Å². The van der Waals surface area contributed by atoms with E-state index in [1.54, 1.807) is 0 Å². The van der Waals surface area contributed by atoms with Crippen molar-refractivity contribution in [2.75, 3.05) is 6.61 Å². The minimum absolute atomic E-state index is 0.141. The maximum Gasteiger partial charge on any atom is 0.0471 e. The van der Waals surface area contributed by atoms with Gasteiger partial charge in [0.1, 0.15) is 0 Å². The number of rotatable bonds is 3. The Morgan fingerprint density at radius 2 is 1.95 bits per heavy atom. The number of benzene rings is 1. The van der Waals surface area contributed by atoms with Crippen molar-refractivity contribution >= 4 is 5.57 Å². The van der Waals surface area contributed by atoms with Gasteiger partial charge in [-0.05, 0) is 57.9 Å². The Balaban J connectivity index is 2.63. The van der Waals surface area contributed by atoms with Gasteiger partial charge in [0, 0.05) is 6.61 Å². The lowest BCUT2D eigenvalue weighted by molar-refractivity contribution is 0.305. The lowest BCUT2D eigenvalue weighted by Gasteiger charge is -2.26. The average Bonchev–Trinajstić information content (AvgIpc) is 2.64. The molecule has 0 fully saturated rings. The summed E-state index contributed by atoms with van der Waals surface area (Å²) >= 11 is 0. The first kappa shape index (κ1) is 15.3. The summed E-state index contributed by atoms with van der Waals surface area (Å²) in [6.07, 6.45) is 3.00. The molecule has 0 unspecified atom stereocenters. The number of hydrogen-bond donors (Lipinski definition) is 1. The maximum absolute atomic E-state index is 9.22. The zero-order valence-electron chi connectivity index (χ0n) is 13.6. The zero-order chi connectivity index (χ0) is 15.1. The molecule has 0 aliphatic heterocycles. The third-order valence-corrected chi connectivity index (χ3v) is 4.64. The molecular weight excluding hydrogens is 244 g/mol. The van der Waals surface area contributed by atoms with Crippen molar-refractivity contribution in [2.24, 2.45) is 0 Å². The fourth-order valence-corrected chi connectivity index (χ4v) is 3.14. The first-order valence-corrected chi connectivity index (χ1v) is 7.64. The summed E-state index contributed by atoms with van der Waals surface area (Å²) in [7, 11) is 0. The summed E-state index contributed by atoms with van der Waals surface area (Å²) in [5.74, 6) is 0. The summed E-state index contributed by atoms with van der Waals surface area (Å²) < 4.78 is 0. The van der Waals surface area contributed by atoms with Crippen LogP contribution < -0.4 is 0 Å². The average molecular weight is 272 g/mol. The lowest BCUT2D eigenvalue weighted by atomic mass is 9.78. The second-order valence-electron chi connectivity index (χ2n) is 7.76. The molecule has 1 aromatic carbocycles. The Hall–Kier alpha value is -1.08. The standard InChI is InChI=1S/C19H28O/c1-13(8-10-20)16-11-14(18(2,3)4)12-17-15(16)7-9-19(17,5)6/h11-12,20H,1,7-10H2,2-6H3. The molecule has 1 heteroatoms. The Labute approximate surface area is 123 Å². The van der Waals surface area contributed by atoms with Crippen molar-refractivity contribution < 1.29 is 5.11 Å². The van der Waals surface area contributed by atoms with Gasteiger partial charge in [0.25, 0.3) is 0 Å². The summed E-state index contributed by atoms with van der Waals surface area (Å²) in [5.41, 5.74) is 7.08. The van der Waals surface area contributed by atoms with E-state index in [0.29, 0.717) is 6.42 Å². The molecule has 0 radical (unpaired) electrons. The van der Waals surface area contributed by atoms with Gasteiger partial charge in [0.05, 0.1) is 0 Å². The Morgan fingerprint density at radius 3 is 2.50 bits per heavy atom. The van der Waals surface area contributed by atoms with Crippen LogP contribution in [0.4, 0.5) is 0 Å². The molecule has 0 heterocycles. The van der Waals surface area contributed by atoms with Crippen molar-refractivity contribution in [2.45, 2.75) is 64.7 Å². The quantitative estimate of drug-likeness (QED) is 0.852. The Bertz CT molecular complexity index is 529. The molecular formula is C19H28O. The lowest BCUT2D eigenvalue weighted by Crippen LogP contribution is -2.17. The highest BCUT2D eigenvalue weighted by molar-refractivity contribution is 5.70. The van der Waals surface area contributed by atoms with Gasteiger partial charge < -0.3 is 5.11 Å². The molecule has 0 amide bonds. The number of fused-ring (bicyclic) bond motifs is 1. The second-order valence-corrected chi connectivity index (χ2v) is 7.76. The molecule has 0 saturated carbocycles. The van der Waals surface area contributed by atoms with Crippen LogP contribution in [0.25, 0.3) is 5.57 Å². The minimum Gasteiger partial charge on any atom is -0.396 e. The normalized spacial score (nSPS) is 17.1. The van der Waals surface area contributed by atoms with Crippen LogP contribution in [0.5, 0.6) is 0 Å². The van der Waals surface area contributed by atoms with Crippen molar-refractivity contribution in [3.05, 3.63) is 41.0 Å². The van der Waals surface area contributed by atoms with Gasteiger partial charge in [0.15, 0.2) is 0 Å². The van der Waals surface area contributed by atoms with Crippen LogP contribution >= 0.6 is 0 Å². The molecule has 2 rings (SSSR count). The van der Waals surface area contributed by atoms with Gasteiger partial charge in [-0.1, -0.05) is 53.3 Å². The highest BCUT2D eigenvalue weighted by Crippen LogP contribution is 2.43. The largest absolute Gasteiger partial charge is 0.396 e. The van der Waals surface area contributed by atoms with Gasteiger partial charge >= 0.3 is 0 Å². The van der Waals surface area contributed by atoms with Crippen molar-refractivity contribution in [3.63, 3.8) is 0 Å². The molecule has 20 heavy (non-hydrogen) atoms. The summed E-state index contributed by atoms with van der Waals surface area (Å²) in [4.78, 5) is 0. The number of hydrogen-bond acceptors (Lipinski definition) is 1. The van der Waals surface area contributed by atoms with Crippen molar-refractivity contribution in [3.8, 4) is 0 Å². The first-order valence-electron chi connectivity index (χ1n) is 7.64. The minimum atomic E-state index is 0.141.